The van der Waals surface area contributed by atoms with Crippen molar-refractivity contribution in [3.05, 3.63) is 60.2 Å². The van der Waals surface area contributed by atoms with Crippen LogP contribution >= 0.6 is 0 Å². The number of anilines is 1. The van der Waals surface area contributed by atoms with E-state index in [9.17, 15) is 9.59 Å². The molecule has 0 heterocycles. The van der Waals surface area contributed by atoms with E-state index in [1.807, 2.05) is 30.3 Å². The summed E-state index contributed by atoms with van der Waals surface area (Å²) in [6.45, 7) is -0.487. The lowest BCUT2D eigenvalue weighted by molar-refractivity contribution is -0.139. The molecule has 2 aromatic carbocycles. The Balaban J connectivity index is 2.25. The molecule has 0 aromatic heterocycles. The number of benzene rings is 2. The van der Waals surface area contributed by atoms with Crippen LogP contribution in [0.5, 0.6) is 5.75 Å². The van der Waals surface area contributed by atoms with E-state index in [1.54, 1.807) is 31.3 Å². The van der Waals surface area contributed by atoms with E-state index in [-0.39, 0.29) is 11.7 Å². The molecule has 0 aliphatic heterocycles. The molecule has 0 aliphatic carbocycles. The van der Waals surface area contributed by atoms with E-state index in [0.717, 1.165) is 5.69 Å². The van der Waals surface area contributed by atoms with Gasteiger partial charge in [0.2, 0.25) is 0 Å². The Morgan fingerprint density at radius 1 is 1.05 bits per heavy atom. The zero-order chi connectivity index (χ0) is 15.2. The Kier molecular flexibility index (Phi) is 4.56. The summed E-state index contributed by atoms with van der Waals surface area (Å²) in [5.74, 6) is -1.09. The number of carboxylic acid groups (broad SMARTS) is 1. The summed E-state index contributed by atoms with van der Waals surface area (Å²) in [4.78, 5) is 24.6. The molecule has 1 amide bonds. The van der Waals surface area contributed by atoms with Gasteiger partial charge in [-0.2, -0.15) is 0 Å². The van der Waals surface area contributed by atoms with E-state index in [0.29, 0.717) is 5.56 Å². The van der Waals surface area contributed by atoms with Crippen LogP contribution in [0.4, 0.5) is 5.69 Å². The van der Waals surface area contributed by atoms with Crippen LogP contribution in [-0.2, 0) is 4.79 Å². The number of carboxylic acids is 1. The summed E-state index contributed by atoms with van der Waals surface area (Å²) in [5, 5.41) is 8.67. The second kappa shape index (κ2) is 6.56. The number of para-hydroxylation sites is 2. The molecule has 0 saturated heterocycles. The average Bonchev–Trinajstić information content (AvgIpc) is 2.52. The smallest absolute Gasteiger partial charge is 0.341 e. The first-order valence-corrected chi connectivity index (χ1v) is 6.36. The summed E-state index contributed by atoms with van der Waals surface area (Å²) in [5.41, 5.74) is 1.07. The molecule has 21 heavy (non-hydrogen) atoms. The van der Waals surface area contributed by atoms with Crippen molar-refractivity contribution in [2.75, 3.05) is 18.6 Å². The van der Waals surface area contributed by atoms with Crippen LogP contribution in [0.15, 0.2) is 54.6 Å². The van der Waals surface area contributed by atoms with Gasteiger partial charge >= 0.3 is 5.97 Å². The standard InChI is InChI=1S/C16H15NO4/c1-17(12-7-3-2-4-8-12)16(20)13-9-5-6-10-14(13)21-11-15(18)19/h2-10H,11H2,1H3,(H,18,19). The molecular weight excluding hydrogens is 270 g/mol. The highest BCUT2D eigenvalue weighted by Crippen LogP contribution is 2.22. The lowest BCUT2D eigenvalue weighted by Gasteiger charge is -2.19. The zero-order valence-corrected chi connectivity index (χ0v) is 11.5. The van der Waals surface area contributed by atoms with Crippen molar-refractivity contribution < 1.29 is 19.4 Å². The zero-order valence-electron chi connectivity index (χ0n) is 11.5. The number of rotatable bonds is 5. The van der Waals surface area contributed by atoms with Gasteiger partial charge in [-0.05, 0) is 24.3 Å². The topological polar surface area (TPSA) is 66.8 Å². The lowest BCUT2D eigenvalue weighted by atomic mass is 10.1. The number of ether oxygens (including phenoxy) is 1. The van der Waals surface area contributed by atoms with Crippen LogP contribution in [0.3, 0.4) is 0 Å². The third kappa shape index (κ3) is 3.60. The third-order valence-electron chi connectivity index (χ3n) is 2.92. The van der Waals surface area contributed by atoms with Gasteiger partial charge in [-0.25, -0.2) is 4.79 Å². The summed E-state index contributed by atoms with van der Waals surface area (Å²) in [7, 11) is 1.66. The first kappa shape index (κ1) is 14.6. The van der Waals surface area contributed by atoms with E-state index in [2.05, 4.69) is 0 Å². The highest BCUT2D eigenvalue weighted by atomic mass is 16.5. The number of amides is 1. The fraction of sp³-hybridized carbons (Fsp3) is 0.125. The third-order valence-corrected chi connectivity index (χ3v) is 2.92. The largest absolute Gasteiger partial charge is 0.481 e. The molecule has 2 rings (SSSR count). The minimum atomic E-state index is -1.09. The Bertz CT molecular complexity index is 640. The van der Waals surface area contributed by atoms with Gasteiger partial charge in [0.15, 0.2) is 6.61 Å². The van der Waals surface area contributed by atoms with Gasteiger partial charge in [0.05, 0.1) is 5.56 Å². The predicted octanol–water partition coefficient (Wildman–Crippen LogP) is 2.43. The minimum Gasteiger partial charge on any atom is -0.481 e. The maximum Gasteiger partial charge on any atom is 0.341 e. The Hall–Kier alpha value is -2.82. The number of carbonyl (C=O) groups excluding carboxylic acids is 1. The number of hydrogen-bond acceptors (Lipinski definition) is 3. The molecule has 0 atom stereocenters. The van der Waals surface area contributed by atoms with E-state index >= 15 is 0 Å². The Morgan fingerprint density at radius 2 is 1.67 bits per heavy atom. The van der Waals surface area contributed by atoms with Crippen molar-refractivity contribution in [2.24, 2.45) is 0 Å². The number of carbonyl (C=O) groups is 2. The lowest BCUT2D eigenvalue weighted by Crippen LogP contribution is -2.27. The predicted molar refractivity (Wildman–Crippen MR) is 78.7 cm³/mol. The van der Waals surface area contributed by atoms with Gasteiger partial charge < -0.3 is 14.7 Å². The second-order valence-corrected chi connectivity index (χ2v) is 4.38. The van der Waals surface area contributed by atoms with E-state index in [1.165, 1.54) is 4.90 Å². The van der Waals surface area contributed by atoms with Crippen molar-refractivity contribution in [1.82, 2.24) is 0 Å². The molecule has 1 N–H and O–H groups in total. The molecule has 5 heteroatoms. The molecule has 0 radical (unpaired) electrons. The van der Waals surface area contributed by atoms with Crippen molar-refractivity contribution in [3.63, 3.8) is 0 Å². The maximum absolute atomic E-state index is 12.5. The number of aliphatic carboxylic acids is 1. The highest BCUT2D eigenvalue weighted by Gasteiger charge is 2.18. The van der Waals surface area contributed by atoms with Gasteiger partial charge in [-0.3, -0.25) is 4.79 Å². The molecule has 0 fully saturated rings. The van der Waals surface area contributed by atoms with Gasteiger partial charge in [-0.15, -0.1) is 0 Å². The molecule has 0 aliphatic rings. The molecule has 108 valence electrons. The van der Waals surface area contributed by atoms with E-state index < -0.39 is 12.6 Å². The average molecular weight is 285 g/mol. The van der Waals surface area contributed by atoms with Crippen LogP contribution in [0.2, 0.25) is 0 Å². The molecule has 2 aromatic rings. The maximum atomic E-state index is 12.5. The van der Waals surface area contributed by atoms with Gasteiger partial charge in [-0.1, -0.05) is 30.3 Å². The molecular formula is C16H15NO4. The summed E-state index contributed by atoms with van der Waals surface area (Å²) < 4.78 is 5.16. The van der Waals surface area contributed by atoms with Gasteiger partial charge in [0.1, 0.15) is 5.75 Å². The van der Waals surface area contributed by atoms with Crippen molar-refractivity contribution in [3.8, 4) is 5.75 Å². The molecule has 0 unspecified atom stereocenters. The van der Waals surface area contributed by atoms with Crippen LogP contribution in [0.1, 0.15) is 10.4 Å². The quantitative estimate of drug-likeness (QED) is 0.916. The van der Waals surface area contributed by atoms with Gasteiger partial charge in [0, 0.05) is 12.7 Å². The van der Waals surface area contributed by atoms with Crippen molar-refractivity contribution in [2.45, 2.75) is 0 Å². The minimum absolute atomic E-state index is 0.257. The number of nitrogens with zero attached hydrogens (tertiary/aromatic N) is 1. The van der Waals surface area contributed by atoms with Crippen LogP contribution < -0.4 is 9.64 Å². The monoisotopic (exact) mass is 285 g/mol. The molecule has 0 spiro atoms. The number of hydrogen-bond donors (Lipinski definition) is 1. The second-order valence-electron chi connectivity index (χ2n) is 4.38. The van der Waals surface area contributed by atoms with Crippen molar-refractivity contribution >= 4 is 17.6 Å². The van der Waals surface area contributed by atoms with Gasteiger partial charge in [0.25, 0.3) is 5.91 Å². The van der Waals surface area contributed by atoms with Crippen LogP contribution in [0, 0.1) is 0 Å². The molecule has 0 bridgehead atoms. The van der Waals surface area contributed by atoms with Crippen molar-refractivity contribution in [1.29, 1.82) is 0 Å². The highest BCUT2D eigenvalue weighted by molar-refractivity contribution is 6.07. The Morgan fingerprint density at radius 3 is 2.33 bits per heavy atom. The summed E-state index contributed by atoms with van der Waals surface area (Å²) in [6.07, 6.45) is 0. The Labute approximate surface area is 122 Å². The molecule has 5 nitrogen and oxygen atoms in total. The SMILES string of the molecule is CN(C(=O)c1ccccc1OCC(=O)O)c1ccccc1. The molecule has 0 saturated carbocycles. The first-order chi connectivity index (χ1) is 10.1. The van der Waals surface area contributed by atoms with E-state index in [4.69, 9.17) is 9.84 Å². The van der Waals surface area contributed by atoms with Crippen LogP contribution in [0.25, 0.3) is 0 Å². The fourth-order valence-corrected chi connectivity index (χ4v) is 1.86. The fourth-order valence-electron chi connectivity index (χ4n) is 1.86. The van der Waals surface area contributed by atoms with Crippen LogP contribution in [-0.4, -0.2) is 30.6 Å². The first-order valence-electron chi connectivity index (χ1n) is 6.36. The summed E-state index contributed by atoms with van der Waals surface area (Å²) >= 11 is 0. The normalized spacial score (nSPS) is 9.95. The summed E-state index contributed by atoms with van der Waals surface area (Å²) in [6, 6.07) is 15.8.